The summed E-state index contributed by atoms with van der Waals surface area (Å²) in [5.41, 5.74) is 1.75. The van der Waals surface area contributed by atoms with E-state index in [-0.39, 0.29) is 5.91 Å². The molecule has 0 aliphatic heterocycles. The predicted molar refractivity (Wildman–Crippen MR) is 102 cm³/mol. The molecular formula is C20H24F3N3O. The molecule has 0 fully saturated rings. The van der Waals surface area contributed by atoms with Crippen LogP contribution in [-0.4, -0.2) is 38.0 Å². The average Bonchev–Trinajstić information content (AvgIpc) is 2.61. The van der Waals surface area contributed by atoms with Gasteiger partial charge in [-0.05, 0) is 55.9 Å². The van der Waals surface area contributed by atoms with Gasteiger partial charge in [-0.15, -0.1) is 0 Å². The van der Waals surface area contributed by atoms with Crippen LogP contribution in [0.2, 0.25) is 0 Å². The molecule has 1 amide bonds. The van der Waals surface area contributed by atoms with Crippen molar-refractivity contribution in [2.24, 2.45) is 0 Å². The van der Waals surface area contributed by atoms with Crippen molar-refractivity contribution < 1.29 is 18.0 Å². The summed E-state index contributed by atoms with van der Waals surface area (Å²) in [6.45, 7) is 2.34. The second-order valence-electron chi connectivity index (χ2n) is 6.72. The van der Waals surface area contributed by atoms with E-state index in [1.165, 1.54) is 12.1 Å². The number of anilines is 2. The molecule has 1 atom stereocenters. The summed E-state index contributed by atoms with van der Waals surface area (Å²) in [6, 6.07) is 12.0. The van der Waals surface area contributed by atoms with Gasteiger partial charge in [0.2, 0.25) is 5.91 Å². The number of rotatable bonds is 6. The molecule has 0 unspecified atom stereocenters. The normalized spacial score (nSPS) is 12.7. The number of nitrogens with zero attached hydrogens (tertiary/aromatic N) is 2. The number of carbonyl (C=O) groups is 1. The second kappa shape index (κ2) is 8.43. The zero-order chi connectivity index (χ0) is 20.2. The summed E-state index contributed by atoms with van der Waals surface area (Å²) in [4.78, 5) is 16.3. The first kappa shape index (κ1) is 20.8. The Morgan fingerprint density at radius 2 is 1.56 bits per heavy atom. The van der Waals surface area contributed by atoms with Crippen molar-refractivity contribution in [1.29, 1.82) is 0 Å². The minimum Gasteiger partial charge on any atom is -0.378 e. The lowest BCUT2D eigenvalue weighted by molar-refractivity contribution is -0.137. The van der Waals surface area contributed by atoms with Crippen molar-refractivity contribution in [2.45, 2.75) is 25.7 Å². The number of likely N-dealkylation sites (N-methyl/N-ethyl adjacent to an activating group) is 1. The Labute approximate surface area is 157 Å². The van der Waals surface area contributed by atoms with E-state index in [9.17, 15) is 18.0 Å². The van der Waals surface area contributed by atoms with Gasteiger partial charge in [-0.3, -0.25) is 9.69 Å². The number of benzene rings is 2. The predicted octanol–water partition coefficient (Wildman–Crippen LogP) is 4.23. The molecule has 146 valence electrons. The van der Waals surface area contributed by atoms with Gasteiger partial charge in [-0.1, -0.05) is 12.1 Å². The molecule has 2 aromatic rings. The SMILES string of the molecule is C[C@H](C(=O)Nc1ccc(C(F)(F)F)cc1)N(C)Cc1ccc(N(C)C)cc1. The van der Waals surface area contributed by atoms with Gasteiger partial charge in [-0.2, -0.15) is 13.2 Å². The van der Waals surface area contributed by atoms with E-state index in [0.717, 1.165) is 23.4 Å². The first-order valence-corrected chi connectivity index (χ1v) is 8.52. The minimum absolute atomic E-state index is 0.276. The fourth-order valence-corrected chi connectivity index (χ4v) is 2.51. The third-order valence-electron chi connectivity index (χ3n) is 4.41. The van der Waals surface area contributed by atoms with Crippen LogP contribution in [0.4, 0.5) is 24.5 Å². The topological polar surface area (TPSA) is 35.6 Å². The molecule has 0 radical (unpaired) electrons. The van der Waals surface area contributed by atoms with Crippen LogP contribution in [0.5, 0.6) is 0 Å². The molecular weight excluding hydrogens is 355 g/mol. The molecule has 0 aromatic heterocycles. The number of carbonyl (C=O) groups excluding carboxylic acids is 1. The van der Waals surface area contributed by atoms with E-state index >= 15 is 0 Å². The summed E-state index contributed by atoms with van der Waals surface area (Å²) in [6.07, 6.45) is -4.39. The molecule has 0 aliphatic rings. The summed E-state index contributed by atoms with van der Waals surface area (Å²) in [7, 11) is 5.76. The van der Waals surface area contributed by atoms with Gasteiger partial charge in [-0.25, -0.2) is 0 Å². The van der Waals surface area contributed by atoms with Crippen molar-refractivity contribution >= 4 is 17.3 Å². The molecule has 0 saturated heterocycles. The highest BCUT2D eigenvalue weighted by Crippen LogP contribution is 2.29. The average molecular weight is 379 g/mol. The van der Waals surface area contributed by atoms with Crippen LogP contribution in [0, 0.1) is 0 Å². The number of amides is 1. The minimum atomic E-state index is -4.39. The van der Waals surface area contributed by atoms with Gasteiger partial charge in [0.15, 0.2) is 0 Å². The molecule has 0 aliphatic carbocycles. The van der Waals surface area contributed by atoms with Crippen LogP contribution in [0.15, 0.2) is 48.5 Å². The van der Waals surface area contributed by atoms with Crippen molar-refractivity contribution in [2.75, 3.05) is 31.4 Å². The Balaban J connectivity index is 1.95. The smallest absolute Gasteiger partial charge is 0.378 e. The Bertz CT molecular complexity index is 756. The lowest BCUT2D eigenvalue weighted by Crippen LogP contribution is -2.39. The maximum atomic E-state index is 12.6. The van der Waals surface area contributed by atoms with Crippen LogP contribution in [0.25, 0.3) is 0 Å². The van der Waals surface area contributed by atoms with Crippen molar-refractivity contribution in [3.05, 3.63) is 59.7 Å². The van der Waals surface area contributed by atoms with Crippen LogP contribution in [0.1, 0.15) is 18.1 Å². The van der Waals surface area contributed by atoms with Crippen molar-refractivity contribution in [3.8, 4) is 0 Å². The summed E-state index contributed by atoms with van der Waals surface area (Å²) in [5, 5.41) is 2.66. The Hall–Kier alpha value is -2.54. The molecule has 2 rings (SSSR count). The number of nitrogens with one attached hydrogen (secondary N) is 1. The van der Waals surface area contributed by atoms with E-state index in [1.807, 2.05) is 55.2 Å². The van der Waals surface area contributed by atoms with E-state index < -0.39 is 17.8 Å². The van der Waals surface area contributed by atoms with Gasteiger partial charge in [0.25, 0.3) is 0 Å². The summed E-state index contributed by atoms with van der Waals surface area (Å²) < 4.78 is 37.8. The Morgan fingerprint density at radius 3 is 2.04 bits per heavy atom. The molecule has 0 bridgehead atoms. The van der Waals surface area contributed by atoms with Gasteiger partial charge >= 0.3 is 6.18 Å². The maximum absolute atomic E-state index is 12.6. The van der Waals surface area contributed by atoms with E-state index in [1.54, 1.807) is 6.92 Å². The maximum Gasteiger partial charge on any atom is 0.416 e. The van der Waals surface area contributed by atoms with Crippen LogP contribution in [-0.2, 0) is 17.5 Å². The fraction of sp³-hybridized carbons (Fsp3) is 0.350. The van der Waals surface area contributed by atoms with Crippen LogP contribution < -0.4 is 10.2 Å². The Morgan fingerprint density at radius 1 is 1.00 bits per heavy atom. The van der Waals surface area contributed by atoms with Gasteiger partial charge in [0.1, 0.15) is 0 Å². The van der Waals surface area contributed by atoms with E-state index in [0.29, 0.717) is 12.2 Å². The number of hydrogen-bond donors (Lipinski definition) is 1. The summed E-state index contributed by atoms with van der Waals surface area (Å²) in [5.74, 6) is -0.276. The second-order valence-corrected chi connectivity index (χ2v) is 6.72. The van der Waals surface area contributed by atoms with Gasteiger partial charge < -0.3 is 10.2 Å². The fourth-order valence-electron chi connectivity index (χ4n) is 2.51. The highest BCUT2D eigenvalue weighted by Gasteiger charge is 2.30. The van der Waals surface area contributed by atoms with Crippen molar-refractivity contribution in [3.63, 3.8) is 0 Å². The third-order valence-corrected chi connectivity index (χ3v) is 4.41. The molecule has 27 heavy (non-hydrogen) atoms. The molecule has 0 spiro atoms. The van der Waals surface area contributed by atoms with Gasteiger partial charge in [0, 0.05) is 32.0 Å². The number of alkyl halides is 3. The van der Waals surface area contributed by atoms with Crippen molar-refractivity contribution in [1.82, 2.24) is 4.90 Å². The number of halogens is 3. The zero-order valence-corrected chi connectivity index (χ0v) is 15.8. The monoisotopic (exact) mass is 379 g/mol. The van der Waals surface area contributed by atoms with Crippen LogP contribution in [0.3, 0.4) is 0 Å². The molecule has 1 N–H and O–H groups in total. The molecule has 7 heteroatoms. The number of hydrogen-bond acceptors (Lipinski definition) is 3. The molecule has 0 heterocycles. The lowest BCUT2D eigenvalue weighted by atomic mass is 10.1. The van der Waals surface area contributed by atoms with E-state index in [4.69, 9.17) is 0 Å². The first-order valence-electron chi connectivity index (χ1n) is 8.52. The van der Waals surface area contributed by atoms with Crippen LogP contribution >= 0.6 is 0 Å². The van der Waals surface area contributed by atoms with Gasteiger partial charge in [0.05, 0.1) is 11.6 Å². The Kier molecular flexibility index (Phi) is 6.49. The highest BCUT2D eigenvalue weighted by molar-refractivity contribution is 5.94. The molecule has 0 saturated carbocycles. The standard InChI is InChI=1S/C20H24F3N3O/c1-14(26(4)13-15-5-11-18(12-6-15)25(2)3)19(27)24-17-9-7-16(8-10-17)20(21,22)23/h5-12,14H,13H2,1-4H3,(H,24,27)/t14-/m1/s1. The first-order chi connectivity index (χ1) is 12.6. The largest absolute Gasteiger partial charge is 0.416 e. The van der Waals surface area contributed by atoms with E-state index in [2.05, 4.69) is 5.32 Å². The third kappa shape index (κ3) is 5.72. The lowest BCUT2D eigenvalue weighted by Gasteiger charge is -2.24. The molecule has 4 nitrogen and oxygen atoms in total. The summed E-state index contributed by atoms with van der Waals surface area (Å²) >= 11 is 0. The zero-order valence-electron chi connectivity index (χ0n) is 15.8. The highest BCUT2D eigenvalue weighted by atomic mass is 19.4. The molecule has 2 aromatic carbocycles. The quantitative estimate of drug-likeness (QED) is 0.816.